The van der Waals surface area contributed by atoms with Gasteiger partial charge < -0.3 is 34.3 Å². The molecular weight excluding hydrogens is 559 g/mol. The van der Waals surface area contributed by atoms with Crippen molar-refractivity contribution in [2.24, 2.45) is 0 Å². The number of rotatable bonds is 12. The van der Waals surface area contributed by atoms with Gasteiger partial charge in [0.15, 0.2) is 17.4 Å². The van der Waals surface area contributed by atoms with Crippen LogP contribution >= 0.6 is 7.75 Å². The monoisotopic (exact) mass is 592 g/mol. The number of anilines is 1. The molecule has 0 aliphatic carbocycles. The number of imidazole rings is 1. The fraction of sp³-hybridized carbons (Fsp3) is 0.520. The van der Waals surface area contributed by atoms with Crippen molar-refractivity contribution in [2.75, 3.05) is 25.6 Å². The van der Waals surface area contributed by atoms with Gasteiger partial charge in [0.25, 0.3) is 0 Å². The highest BCUT2D eigenvalue weighted by atomic mass is 31.2. The zero-order valence-corrected chi connectivity index (χ0v) is 23.9. The van der Waals surface area contributed by atoms with E-state index >= 15 is 0 Å². The van der Waals surface area contributed by atoms with Gasteiger partial charge in [0.1, 0.15) is 29.6 Å². The summed E-state index contributed by atoms with van der Waals surface area (Å²) < 4.78 is 49.9. The highest BCUT2D eigenvalue weighted by molar-refractivity contribution is 7.52. The average molecular weight is 593 g/mol. The zero-order valence-electron chi connectivity index (χ0n) is 23.0. The Morgan fingerprint density at radius 1 is 1.29 bits per heavy atom. The van der Waals surface area contributed by atoms with Crippen LogP contribution in [0, 0.1) is 0 Å². The maximum absolute atomic E-state index is 13.9. The zero-order chi connectivity index (χ0) is 29.4. The second-order valence-corrected chi connectivity index (χ2v) is 11.6. The number of fused-ring (bicyclic) bond motifs is 3. The van der Waals surface area contributed by atoms with Crippen molar-refractivity contribution in [1.82, 2.24) is 24.6 Å². The third kappa shape index (κ3) is 5.87. The number of hydrogen-bond donors (Lipinski definition) is 3. The number of para-hydroxylation sites is 1. The Hall–Kier alpha value is -3.33. The van der Waals surface area contributed by atoms with Crippen LogP contribution in [0.15, 0.2) is 36.7 Å². The average Bonchev–Trinajstić information content (AvgIpc) is 3.57. The van der Waals surface area contributed by atoms with Crippen LogP contribution in [0.25, 0.3) is 11.2 Å². The van der Waals surface area contributed by atoms with Crippen LogP contribution in [-0.2, 0) is 28.1 Å². The molecular formula is C25H33N6O9P. The molecule has 2 bridgehead atoms. The molecule has 0 spiro atoms. The third-order valence-electron chi connectivity index (χ3n) is 6.47. The number of aromatic nitrogens is 4. The Bertz CT molecular complexity index is 1440. The normalized spacial score (nSPS) is 25.8. The van der Waals surface area contributed by atoms with E-state index in [0.29, 0.717) is 17.8 Å². The second-order valence-electron chi connectivity index (χ2n) is 9.95. The highest BCUT2D eigenvalue weighted by Crippen LogP contribution is 2.51. The molecule has 0 radical (unpaired) electrons. The van der Waals surface area contributed by atoms with E-state index in [1.807, 2.05) is 0 Å². The molecule has 2 fully saturated rings. The smallest absolute Gasteiger partial charge is 0.459 e. The van der Waals surface area contributed by atoms with Crippen molar-refractivity contribution in [1.29, 1.82) is 0 Å². The van der Waals surface area contributed by atoms with Crippen LogP contribution in [-0.4, -0.2) is 80.4 Å². The van der Waals surface area contributed by atoms with Gasteiger partial charge in [-0.1, -0.05) is 18.2 Å². The molecule has 3 unspecified atom stereocenters. The third-order valence-corrected chi connectivity index (χ3v) is 8.10. The summed E-state index contributed by atoms with van der Waals surface area (Å²) in [5.74, 6) is -0.212. The number of nitrogen functional groups attached to an aromatic ring is 1. The lowest BCUT2D eigenvalue weighted by atomic mass is 10.0. The van der Waals surface area contributed by atoms with Gasteiger partial charge in [-0.05, 0) is 39.8 Å². The summed E-state index contributed by atoms with van der Waals surface area (Å²) in [6.07, 6.45) is -1.80. The molecule has 2 aliphatic rings. The first kappa shape index (κ1) is 29.2. The second kappa shape index (κ2) is 11.5. The Kier molecular flexibility index (Phi) is 8.19. The van der Waals surface area contributed by atoms with Crippen molar-refractivity contribution in [2.45, 2.75) is 63.9 Å². The number of esters is 1. The fourth-order valence-corrected chi connectivity index (χ4v) is 6.15. The molecule has 5 rings (SSSR count). The maximum Gasteiger partial charge on any atom is 0.459 e. The number of aliphatic hydroxyl groups is 1. The Balaban J connectivity index is 1.38. The van der Waals surface area contributed by atoms with Crippen LogP contribution in [0.1, 0.15) is 33.9 Å². The molecule has 222 valence electrons. The number of hydrogen-bond acceptors (Lipinski definition) is 13. The van der Waals surface area contributed by atoms with Gasteiger partial charge >= 0.3 is 13.7 Å². The van der Waals surface area contributed by atoms with E-state index < -0.39 is 50.4 Å². The summed E-state index contributed by atoms with van der Waals surface area (Å²) in [5.41, 5.74) is 5.15. The van der Waals surface area contributed by atoms with Crippen LogP contribution in [0.3, 0.4) is 0 Å². The number of nitrogens with two attached hydrogens (primary N) is 1. The van der Waals surface area contributed by atoms with Gasteiger partial charge in [0.2, 0.25) is 11.8 Å². The van der Waals surface area contributed by atoms with Gasteiger partial charge in [-0.3, -0.25) is 13.9 Å². The molecule has 15 nitrogen and oxygen atoms in total. The molecule has 6 atom stereocenters. The first-order chi connectivity index (χ1) is 19.5. The number of carbonyl (C=O) groups excluding carboxylic acids is 1. The van der Waals surface area contributed by atoms with E-state index in [0.717, 1.165) is 0 Å². The van der Waals surface area contributed by atoms with Crippen molar-refractivity contribution < 1.29 is 42.5 Å². The van der Waals surface area contributed by atoms with E-state index in [1.54, 1.807) is 55.7 Å². The lowest BCUT2D eigenvalue weighted by Gasteiger charge is -2.32. The van der Waals surface area contributed by atoms with Crippen molar-refractivity contribution in [3.05, 3.63) is 36.7 Å². The SMILES string of the molecule is CCOc1nc(N)nc2c1ncn2C1O[C@@]2(COP(=O)(NC(C)C(=O)OC(C)C)Oc3ccccc3)CO[C@@H]1[C@@H]2O. The summed E-state index contributed by atoms with van der Waals surface area (Å²) in [5, 5.41) is 13.8. The van der Waals surface area contributed by atoms with E-state index in [-0.39, 0.29) is 30.3 Å². The van der Waals surface area contributed by atoms with Crippen molar-refractivity contribution in [3.63, 3.8) is 0 Å². The number of carbonyl (C=O) groups is 1. The molecule has 3 aromatic rings. The Morgan fingerprint density at radius 3 is 2.76 bits per heavy atom. The number of ether oxygens (including phenoxy) is 4. The summed E-state index contributed by atoms with van der Waals surface area (Å²) in [7, 11) is -4.22. The number of nitrogens with one attached hydrogen (secondary N) is 1. The quantitative estimate of drug-likeness (QED) is 0.204. The highest BCUT2D eigenvalue weighted by Gasteiger charge is 2.63. The van der Waals surface area contributed by atoms with Gasteiger partial charge in [0, 0.05) is 0 Å². The topological polar surface area (TPSA) is 191 Å². The van der Waals surface area contributed by atoms with Gasteiger partial charge in [-0.25, -0.2) is 9.55 Å². The van der Waals surface area contributed by atoms with Crippen molar-refractivity contribution in [3.8, 4) is 11.6 Å². The van der Waals surface area contributed by atoms with Crippen LogP contribution in [0.5, 0.6) is 11.6 Å². The summed E-state index contributed by atoms with van der Waals surface area (Å²) >= 11 is 0. The summed E-state index contributed by atoms with van der Waals surface area (Å²) in [6, 6.07) is 7.30. The predicted molar refractivity (Wildman–Crippen MR) is 144 cm³/mol. The van der Waals surface area contributed by atoms with E-state index in [4.69, 9.17) is 33.7 Å². The molecule has 0 saturated carbocycles. The van der Waals surface area contributed by atoms with Crippen LogP contribution in [0.2, 0.25) is 0 Å². The minimum absolute atomic E-state index is 0.0273. The standard InChI is InChI=1S/C25H33N6O9P/c1-5-35-21-17-20(28-24(26)29-21)31(13-27-17)22-18-19(32)25(39-22,11-36-18)12-37-41(34,40-16-9-7-6-8-10-16)30-15(4)23(33)38-14(2)3/h6-10,13-15,18-19,22,32H,5,11-12H2,1-4H3,(H,30,34)(H2,26,28,29)/t15?,18-,19+,22?,25-,41?/m1/s1. The van der Waals surface area contributed by atoms with E-state index in [1.165, 1.54) is 13.3 Å². The molecule has 4 N–H and O–H groups in total. The molecule has 2 aliphatic heterocycles. The minimum atomic E-state index is -4.22. The first-order valence-electron chi connectivity index (χ1n) is 13.1. The number of nitrogens with zero attached hydrogens (tertiary/aromatic N) is 4. The lowest BCUT2D eigenvalue weighted by Crippen LogP contribution is -2.46. The molecule has 2 aromatic heterocycles. The Labute approximate surface area is 235 Å². The molecule has 41 heavy (non-hydrogen) atoms. The summed E-state index contributed by atoms with van der Waals surface area (Å²) in [6.45, 7) is 6.57. The van der Waals surface area contributed by atoms with Gasteiger partial charge in [-0.2, -0.15) is 15.1 Å². The molecule has 2 saturated heterocycles. The van der Waals surface area contributed by atoms with Crippen molar-refractivity contribution >= 4 is 30.8 Å². The molecule has 16 heteroatoms. The molecule has 0 amide bonds. The lowest BCUT2D eigenvalue weighted by molar-refractivity contribution is -0.183. The first-order valence-corrected chi connectivity index (χ1v) is 14.7. The maximum atomic E-state index is 13.9. The predicted octanol–water partition coefficient (Wildman–Crippen LogP) is 1.97. The van der Waals surface area contributed by atoms with E-state index in [2.05, 4.69) is 20.0 Å². The minimum Gasteiger partial charge on any atom is -0.476 e. The summed E-state index contributed by atoms with van der Waals surface area (Å²) in [4.78, 5) is 25.2. The van der Waals surface area contributed by atoms with Gasteiger partial charge in [0.05, 0.1) is 32.3 Å². The molecule has 1 aromatic carbocycles. The number of benzene rings is 1. The van der Waals surface area contributed by atoms with Gasteiger partial charge in [-0.15, -0.1) is 0 Å². The molecule has 4 heterocycles. The fourth-order valence-electron chi connectivity index (χ4n) is 4.60. The van der Waals surface area contributed by atoms with Crippen LogP contribution in [0.4, 0.5) is 5.95 Å². The number of aliphatic hydroxyl groups excluding tert-OH is 1. The largest absolute Gasteiger partial charge is 0.476 e. The Morgan fingerprint density at radius 2 is 2.05 bits per heavy atom. The van der Waals surface area contributed by atoms with Crippen LogP contribution < -0.4 is 20.1 Å². The van der Waals surface area contributed by atoms with E-state index in [9.17, 15) is 14.5 Å².